The Morgan fingerprint density at radius 2 is 0.740 bits per heavy atom. The van der Waals surface area contributed by atoms with E-state index in [2.05, 4.69) is 193 Å². The molecular formula is C48H31NS. The van der Waals surface area contributed by atoms with Gasteiger partial charge in [-0.1, -0.05) is 127 Å². The van der Waals surface area contributed by atoms with E-state index in [-0.39, 0.29) is 0 Å². The third-order valence-electron chi connectivity index (χ3n) is 9.99. The van der Waals surface area contributed by atoms with Crippen molar-refractivity contribution >= 4 is 53.3 Å². The Labute approximate surface area is 295 Å². The zero-order valence-corrected chi connectivity index (χ0v) is 28.1. The van der Waals surface area contributed by atoms with Crippen molar-refractivity contribution in [1.29, 1.82) is 0 Å². The molecule has 8 aromatic carbocycles. The number of para-hydroxylation sites is 1. The zero-order chi connectivity index (χ0) is 33.0. The highest BCUT2D eigenvalue weighted by Crippen LogP contribution is 2.40. The molecule has 0 N–H and O–H groups in total. The van der Waals surface area contributed by atoms with Gasteiger partial charge in [0.15, 0.2) is 0 Å². The summed E-state index contributed by atoms with van der Waals surface area (Å²) in [6, 6.07) is 68.7. The van der Waals surface area contributed by atoms with Crippen molar-refractivity contribution in [3.8, 4) is 50.2 Å². The lowest BCUT2D eigenvalue weighted by Gasteiger charge is -2.12. The van der Waals surface area contributed by atoms with E-state index < -0.39 is 0 Å². The van der Waals surface area contributed by atoms with Gasteiger partial charge < -0.3 is 4.57 Å². The third kappa shape index (κ3) is 4.84. The summed E-state index contributed by atoms with van der Waals surface area (Å²) >= 11 is 1.87. The lowest BCUT2D eigenvalue weighted by atomic mass is 9.99. The van der Waals surface area contributed by atoms with Crippen LogP contribution in [0.3, 0.4) is 0 Å². The molecule has 0 saturated carbocycles. The molecule has 0 aliphatic carbocycles. The van der Waals surface area contributed by atoms with Gasteiger partial charge in [-0.15, -0.1) is 11.3 Å². The summed E-state index contributed by atoms with van der Waals surface area (Å²) in [6.07, 6.45) is 0. The number of benzene rings is 8. The Balaban J connectivity index is 1.08. The topological polar surface area (TPSA) is 4.93 Å². The van der Waals surface area contributed by atoms with E-state index >= 15 is 0 Å². The summed E-state index contributed by atoms with van der Waals surface area (Å²) in [7, 11) is 0. The minimum absolute atomic E-state index is 1.16. The first kappa shape index (κ1) is 28.8. The number of nitrogens with zero attached hydrogens (tertiary/aromatic N) is 1. The van der Waals surface area contributed by atoms with Crippen LogP contribution in [0, 0.1) is 0 Å². The number of aromatic nitrogens is 1. The van der Waals surface area contributed by atoms with E-state index in [1.807, 2.05) is 11.3 Å². The van der Waals surface area contributed by atoms with Crippen molar-refractivity contribution in [2.24, 2.45) is 0 Å². The molecule has 10 aromatic rings. The Bertz CT molecular complexity index is 2860. The van der Waals surface area contributed by atoms with E-state index in [1.165, 1.54) is 86.5 Å². The Morgan fingerprint density at radius 1 is 0.280 bits per heavy atom. The summed E-state index contributed by atoms with van der Waals surface area (Å²) in [5.74, 6) is 0. The quantitative estimate of drug-likeness (QED) is 0.174. The maximum absolute atomic E-state index is 2.42. The van der Waals surface area contributed by atoms with Crippen LogP contribution in [-0.2, 0) is 0 Å². The van der Waals surface area contributed by atoms with Crippen LogP contribution < -0.4 is 0 Å². The van der Waals surface area contributed by atoms with Crippen LogP contribution in [0.25, 0.3) is 92.2 Å². The second-order valence-electron chi connectivity index (χ2n) is 13.0. The van der Waals surface area contributed by atoms with Gasteiger partial charge >= 0.3 is 0 Å². The van der Waals surface area contributed by atoms with Crippen molar-refractivity contribution in [1.82, 2.24) is 4.57 Å². The standard InChI is InChI=1S/C48H31NS/c1-3-11-32(12-4-1)34-15-9-16-35(27-34)36-17-10-18-40(28-36)49-45-20-8-7-19-41(45)42-29-38(21-24-46(42)49)39-23-26-48-44(31-39)43-30-37(22-25-47(43)50-48)33-13-5-2-6-14-33/h1-31H. The third-order valence-corrected chi connectivity index (χ3v) is 11.1. The highest BCUT2D eigenvalue weighted by molar-refractivity contribution is 7.25. The van der Waals surface area contributed by atoms with E-state index in [0.717, 1.165) is 5.69 Å². The highest BCUT2D eigenvalue weighted by atomic mass is 32.1. The summed E-state index contributed by atoms with van der Waals surface area (Å²) in [6.45, 7) is 0. The van der Waals surface area contributed by atoms with Gasteiger partial charge in [0.1, 0.15) is 0 Å². The normalized spacial score (nSPS) is 11.6. The maximum atomic E-state index is 2.42. The molecule has 2 heteroatoms. The van der Waals surface area contributed by atoms with Crippen molar-refractivity contribution in [2.45, 2.75) is 0 Å². The SMILES string of the molecule is c1ccc(-c2cccc(-c3cccc(-n4c5ccccc5c5cc(-c6ccc7sc8ccc(-c9ccccc9)cc8c7c6)ccc54)c3)c2)cc1. The van der Waals surface area contributed by atoms with Gasteiger partial charge in [-0.2, -0.15) is 0 Å². The predicted octanol–water partition coefficient (Wildman–Crippen LogP) is 13.8. The molecule has 2 heterocycles. The second-order valence-corrected chi connectivity index (χ2v) is 14.1. The number of hydrogen-bond donors (Lipinski definition) is 0. The van der Waals surface area contributed by atoms with E-state index in [9.17, 15) is 0 Å². The number of rotatable bonds is 5. The second kappa shape index (κ2) is 11.7. The summed E-state index contributed by atoms with van der Waals surface area (Å²) < 4.78 is 5.06. The van der Waals surface area contributed by atoms with Gasteiger partial charge in [0, 0.05) is 36.6 Å². The zero-order valence-electron chi connectivity index (χ0n) is 27.3. The number of hydrogen-bond acceptors (Lipinski definition) is 1. The summed E-state index contributed by atoms with van der Waals surface area (Å²) in [5.41, 5.74) is 13.4. The molecule has 10 rings (SSSR count). The number of fused-ring (bicyclic) bond motifs is 6. The van der Waals surface area contributed by atoms with Crippen LogP contribution in [0.15, 0.2) is 188 Å². The van der Waals surface area contributed by atoms with Crippen LogP contribution in [0.5, 0.6) is 0 Å². The molecule has 0 atom stereocenters. The molecule has 0 saturated heterocycles. The maximum Gasteiger partial charge on any atom is 0.0541 e. The molecule has 0 unspecified atom stereocenters. The monoisotopic (exact) mass is 653 g/mol. The first-order valence-electron chi connectivity index (χ1n) is 17.1. The average Bonchev–Trinajstić information content (AvgIpc) is 3.73. The van der Waals surface area contributed by atoms with E-state index in [1.54, 1.807) is 0 Å². The minimum atomic E-state index is 1.16. The molecular weight excluding hydrogens is 623 g/mol. The average molecular weight is 654 g/mol. The highest BCUT2D eigenvalue weighted by Gasteiger charge is 2.15. The Kier molecular flexibility index (Phi) is 6.75. The minimum Gasteiger partial charge on any atom is -0.309 e. The van der Waals surface area contributed by atoms with Gasteiger partial charge in [0.2, 0.25) is 0 Å². The van der Waals surface area contributed by atoms with Gasteiger partial charge in [0.05, 0.1) is 11.0 Å². The van der Waals surface area contributed by atoms with Crippen molar-refractivity contribution in [3.05, 3.63) is 188 Å². The van der Waals surface area contributed by atoms with Crippen LogP contribution in [0.2, 0.25) is 0 Å². The fourth-order valence-electron chi connectivity index (χ4n) is 7.53. The molecule has 0 aliphatic heterocycles. The van der Waals surface area contributed by atoms with E-state index in [4.69, 9.17) is 0 Å². The molecule has 1 nitrogen and oxygen atoms in total. The van der Waals surface area contributed by atoms with Crippen molar-refractivity contribution < 1.29 is 0 Å². The van der Waals surface area contributed by atoms with Crippen LogP contribution in [0.4, 0.5) is 0 Å². The van der Waals surface area contributed by atoms with Gasteiger partial charge in [-0.25, -0.2) is 0 Å². The van der Waals surface area contributed by atoms with Crippen LogP contribution in [0.1, 0.15) is 0 Å². The van der Waals surface area contributed by atoms with E-state index in [0.29, 0.717) is 0 Å². The van der Waals surface area contributed by atoms with Crippen molar-refractivity contribution in [3.63, 3.8) is 0 Å². The van der Waals surface area contributed by atoms with Gasteiger partial charge in [-0.05, 0) is 105 Å². The lowest BCUT2D eigenvalue weighted by Crippen LogP contribution is -1.94. The van der Waals surface area contributed by atoms with Crippen LogP contribution >= 0.6 is 11.3 Å². The van der Waals surface area contributed by atoms with Gasteiger partial charge in [0.25, 0.3) is 0 Å². The number of thiophene rings is 1. The van der Waals surface area contributed by atoms with Gasteiger partial charge in [-0.3, -0.25) is 0 Å². The smallest absolute Gasteiger partial charge is 0.0541 e. The predicted molar refractivity (Wildman–Crippen MR) is 215 cm³/mol. The first-order chi connectivity index (χ1) is 24.8. The Hall–Kier alpha value is -6.22. The molecule has 50 heavy (non-hydrogen) atoms. The molecule has 0 bridgehead atoms. The molecule has 234 valence electrons. The molecule has 0 aliphatic rings. The fourth-order valence-corrected chi connectivity index (χ4v) is 8.60. The molecule has 0 radical (unpaired) electrons. The molecule has 0 spiro atoms. The first-order valence-corrected chi connectivity index (χ1v) is 17.9. The van der Waals surface area contributed by atoms with Crippen LogP contribution in [-0.4, -0.2) is 4.57 Å². The molecule has 0 fully saturated rings. The fraction of sp³-hybridized carbons (Fsp3) is 0. The Morgan fingerprint density at radius 3 is 1.42 bits per heavy atom. The largest absolute Gasteiger partial charge is 0.309 e. The summed E-state index contributed by atoms with van der Waals surface area (Å²) in [5, 5.41) is 5.16. The lowest BCUT2D eigenvalue weighted by molar-refractivity contribution is 1.18. The molecule has 0 amide bonds. The van der Waals surface area contributed by atoms with Crippen molar-refractivity contribution in [2.75, 3.05) is 0 Å². The summed E-state index contributed by atoms with van der Waals surface area (Å²) in [4.78, 5) is 0. The molecule has 2 aromatic heterocycles.